The van der Waals surface area contributed by atoms with Crippen LogP contribution in [0.1, 0.15) is 22.6 Å². The Morgan fingerprint density at radius 2 is 2.06 bits per heavy atom. The maximum absolute atomic E-state index is 11.0. The summed E-state index contributed by atoms with van der Waals surface area (Å²) >= 11 is 1.17. The van der Waals surface area contributed by atoms with Crippen molar-refractivity contribution in [2.45, 2.75) is 24.0 Å². The second kappa shape index (κ2) is 6.26. The molecule has 0 aromatic carbocycles. The Kier molecular flexibility index (Phi) is 4.98. The fraction of sp³-hybridized carbons (Fsp3) is 0.444. The summed E-state index contributed by atoms with van der Waals surface area (Å²) in [5.41, 5.74) is 5.25. The molecule has 1 aromatic rings. The molecular weight excluding hydrogens is 260 g/mol. The molecule has 18 heavy (non-hydrogen) atoms. The van der Waals surface area contributed by atoms with Crippen LogP contribution in [0.2, 0.25) is 0 Å². The third-order valence-corrected chi connectivity index (χ3v) is 2.67. The van der Waals surface area contributed by atoms with Gasteiger partial charge in [-0.1, -0.05) is 11.8 Å². The van der Waals surface area contributed by atoms with E-state index in [1.165, 1.54) is 11.8 Å². The van der Waals surface area contributed by atoms with Gasteiger partial charge in [-0.2, -0.15) is 5.10 Å². The third kappa shape index (κ3) is 3.64. The van der Waals surface area contributed by atoms with E-state index in [0.717, 1.165) is 0 Å². The molecule has 9 heteroatoms. The van der Waals surface area contributed by atoms with Crippen molar-refractivity contribution >= 4 is 23.7 Å². The fourth-order valence-corrected chi connectivity index (χ4v) is 1.48. The third-order valence-electron chi connectivity index (χ3n) is 2.13. The number of aliphatic carboxylic acids is 1. The van der Waals surface area contributed by atoms with E-state index in [0.29, 0.717) is 0 Å². The molecule has 0 fully saturated rings. The van der Waals surface area contributed by atoms with Crippen LogP contribution in [-0.4, -0.2) is 49.6 Å². The summed E-state index contributed by atoms with van der Waals surface area (Å²) in [7, 11) is 0. The summed E-state index contributed by atoms with van der Waals surface area (Å²) in [6.07, 6.45) is 1.87. The minimum absolute atomic E-state index is 0.0740. The van der Waals surface area contributed by atoms with E-state index in [1.807, 2.05) is 0 Å². The topological polar surface area (TPSA) is 139 Å². The van der Waals surface area contributed by atoms with E-state index in [-0.39, 0.29) is 29.4 Å². The quantitative estimate of drug-likeness (QED) is 0.592. The van der Waals surface area contributed by atoms with E-state index in [9.17, 15) is 9.59 Å². The Hall–Kier alpha value is -1.74. The predicted octanol–water partition coefficient (Wildman–Crippen LogP) is -0.364. The van der Waals surface area contributed by atoms with Gasteiger partial charge in [0.1, 0.15) is 6.04 Å². The van der Waals surface area contributed by atoms with Crippen LogP contribution in [0, 0.1) is 0 Å². The van der Waals surface area contributed by atoms with Gasteiger partial charge in [0.2, 0.25) is 5.16 Å². The maximum Gasteiger partial charge on any atom is 0.356 e. The van der Waals surface area contributed by atoms with Crippen LogP contribution in [0.3, 0.4) is 0 Å². The Morgan fingerprint density at radius 3 is 2.56 bits per heavy atom. The van der Waals surface area contributed by atoms with Gasteiger partial charge in [0.15, 0.2) is 5.69 Å². The first kappa shape index (κ1) is 14.3. The lowest BCUT2D eigenvalue weighted by atomic mass is 10.1. The number of carbonyl (C=O) groups is 2. The molecule has 0 saturated heterocycles. The van der Waals surface area contributed by atoms with Crippen molar-refractivity contribution in [1.29, 1.82) is 0 Å². The lowest BCUT2D eigenvalue weighted by molar-refractivity contribution is -0.138. The molecule has 0 aliphatic heterocycles. The van der Waals surface area contributed by atoms with Crippen LogP contribution >= 0.6 is 11.8 Å². The molecule has 1 atom stereocenters. The molecule has 0 radical (unpaired) electrons. The highest BCUT2D eigenvalue weighted by Gasteiger charge is 2.18. The SMILES string of the molecule is CSc1nnc(CC[C@H](N)C(=O)O)c(C(=O)O)n1. The Labute approximate surface area is 107 Å². The first-order chi connectivity index (χ1) is 8.45. The molecule has 0 amide bonds. The van der Waals surface area contributed by atoms with Gasteiger partial charge in [0.25, 0.3) is 0 Å². The van der Waals surface area contributed by atoms with Gasteiger partial charge in [-0.25, -0.2) is 9.78 Å². The fourth-order valence-electron chi connectivity index (χ4n) is 1.17. The first-order valence-corrected chi connectivity index (χ1v) is 6.17. The van der Waals surface area contributed by atoms with Gasteiger partial charge < -0.3 is 15.9 Å². The van der Waals surface area contributed by atoms with Crippen molar-refractivity contribution in [3.8, 4) is 0 Å². The highest BCUT2D eigenvalue weighted by molar-refractivity contribution is 7.98. The van der Waals surface area contributed by atoms with E-state index < -0.39 is 18.0 Å². The number of aryl methyl sites for hydroxylation is 1. The largest absolute Gasteiger partial charge is 0.480 e. The number of thioether (sulfide) groups is 1. The van der Waals surface area contributed by atoms with Gasteiger partial charge in [0, 0.05) is 0 Å². The minimum atomic E-state index is -1.22. The summed E-state index contributed by atoms with van der Waals surface area (Å²) in [4.78, 5) is 25.3. The summed E-state index contributed by atoms with van der Waals surface area (Å²) in [5.74, 6) is -2.37. The smallest absolute Gasteiger partial charge is 0.356 e. The summed E-state index contributed by atoms with van der Waals surface area (Å²) < 4.78 is 0. The Balaban J connectivity index is 2.88. The van der Waals surface area contributed by atoms with Crippen molar-refractivity contribution in [2.24, 2.45) is 5.73 Å². The highest BCUT2D eigenvalue weighted by atomic mass is 32.2. The normalized spacial score (nSPS) is 12.1. The number of aromatic nitrogens is 3. The molecule has 1 heterocycles. The lowest BCUT2D eigenvalue weighted by Crippen LogP contribution is -2.30. The number of rotatable bonds is 6. The van der Waals surface area contributed by atoms with Crippen molar-refractivity contribution < 1.29 is 19.8 Å². The summed E-state index contributed by atoms with van der Waals surface area (Å²) in [6, 6.07) is -1.06. The molecule has 0 spiro atoms. The molecule has 4 N–H and O–H groups in total. The number of nitrogens with zero attached hydrogens (tertiary/aromatic N) is 3. The summed E-state index contributed by atoms with van der Waals surface area (Å²) in [6.45, 7) is 0. The summed E-state index contributed by atoms with van der Waals surface area (Å²) in [5, 5.41) is 25.3. The van der Waals surface area contributed by atoms with E-state index in [2.05, 4.69) is 15.2 Å². The van der Waals surface area contributed by atoms with E-state index >= 15 is 0 Å². The zero-order valence-electron chi connectivity index (χ0n) is 9.53. The second-order valence-corrected chi connectivity index (χ2v) is 4.16. The van der Waals surface area contributed by atoms with Gasteiger partial charge in [-0.05, 0) is 19.1 Å². The first-order valence-electron chi connectivity index (χ1n) is 4.95. The second-order valence-electron chi connectivity index (χ2n) is 3.38. The predicted molar refractivity (Wildman–Crippen MR) is 62.5 cm³/mol. The van der Waals surface area contributed by atoms with Crippen LogP contribution < -0.4 is 5.73 Å². The van der Waals surface area contributed by atoms with Crippen LogP contribution in [0.5, 0.6) is 0 Å². The minimum Gasteiger partial charge on any atom is -0.480 e. The van der Waals surface area contributed by atoms with Crippen LogP contribution in [0.25, 0.3) is 0 Å². The maximum atomic E-state index is 11.0. The highest BCUT2D eigenvalue weighted by Crippen LogP contribution is 2.12. The number of hydrogen-bond acceptors (Lipinski definition) is 7. The molecule has 0 aliphatic rings. The molecule has 0 unspecified atom stereocenters. The molecule has 0 saturated carbocycles. The van der Waals surface area contributed by atoms with Gasteiger partial charge in [-0.15, -0.1) is 5.10 Å². The van der Waals surface area contributed by atoms with E-state index in [1.54, 1.807) is 6.26 Å². The molecule has 1 rings (SSSR count). The van der Waals surface area contributed by atoms with Crippen LogP contribution in [-0.2, 0) is 11.2 Å². The van der Waals surface area contributed by atoms with Gasteiger partial charge in [0.05, 0.1) is 5.69 Å². The molecule has 0 bridgehead atoms. The molecule has 1 aromatic heterocycles. The monoisotopic (exact) mass is 272 g/mol. The average molecular weight is 272 g/mol. The van der Waals surface area contributed by atoms with Crippen molar-refractivity contribution in [2.75, 3.05) is 6.26 Å². The average Bonchev–Trinajstić information content (AvgIpc) is 2.35. The molecule has 0 aliphatic carbocycles. The zero-order valence-corrected chi connectivity index (χ0v) is 10.3. The lowest BCUT2D eigenvalue weighted by Gasteiger charge is -2.07. The Bertz CT molecular complexity index is 468. The number of aromatic carboxylic acids is 1. The van der Waals surface area contributed by atoms with Crippen molar-refractivity contribution in [3.05, 3.63) is 11.4 Å². The van der Waals surface area contributed by atoms with Crippen molar-refractivity contribution in [1.82, 2.24) is 15.2 Å². The van der Waals surface area contributed by atoms with Crippen LogP contribution in [0.15, 0.2) is 5.16 Å². The molecular formula is C9H12N4O4S. The van der Waals surface area contributed by atoms with Gasteiger partial charge >= 0.3 is 11.9 Å². The number of nitrogens with two attached hydrogens (primary N) is 1. The number of hydrogen-bond donors (Lipinski definition) is 3. The van der Waals surface area contributed by atoms with Crippen LogP contribution in [0.4, 0.5) is 0 Å². The van der Waals surface area contributed by atoms with Crippen molar-refractivity contribution in [3.63, 3.8) is 0 Å². The number of carboxylic acid groups (broad SMARTS) is 2. The molecule has 8 nitrogen and oxygen atoms in total. The number of carboxylic acids is 2. The molecule has 98 valence electrons. The Morgan fingerprint density at radius 1 is 1.39 bits per heavy atom. The zero-order chi connectivity index (χ0) is 13.7. The van der Waals surface area contributed by atoms with E-state index in [4.69, 9.17) is 15.9 Å². The standard InChI is InChI=1S/C9H12N4O4S/c1-18-9-11-6(8(16)17)5(12-13-9)3-2-4(10)7(14)15/h4H,2-3,10H2,1H3,(H,14,15)(H,16,17)/t4-/m0/s1. The van der Waals surface area contributed by atoms with Gasteiger partial charge in [-0.3, -0.25) is 4.79 Å².